The van der Waals surface area contributed by atoms with Gasteiger partial charge in [0, 0.05) is 23.4 Å². The first kappa shape index (κ1) is 14.5. The summed E-state index contributed by atoms with van der Waals surface area (Å²) in [5, 5.41) is 0.625. The second-order valence-electron chi connectivity index (χ2n) is 4.92. The zero-order valence-electron chi connectivity index (χ0n) is 11.9. The van der Waals surface area contributed by atoms with Gasteiger partial charge in [-0.15, -0.1) is 11.8 Å². The normalized spacial score (nSPS) is 14.7. The molecule has 1 aromatic carbocycles. The number of aromatic nitrogens is 1. The van der Waals surface area contributed by atoms with Gasteiger partial charge in [0.2, 0.25) is 5.76 Å². The highest BCUT2D eigenvalue weighted by molar-refractivity contribution is 7.99. The van der Waals surface area contributed by atoms with Gasteiger partial charge in [-0.1, -0.05) is 11.6 Å². The molecule has 1 aromatic heterocycles. The van der Waals surface area contributed by atoms with Crippen LogP contribution in [0, 0.1) is 13.8 Å². The number of carbonyl (C=O) groups excluding carboxylic acids is 1. The molecule has 0 unspecified atom stereocenters. The minimum atomic E-state index is -0.154. The highest BCUT2D eigenvalue weighted by Gasteiger charge is 2.27. The number of rotatable bonds is 1. The van der Waals surface area contributed by atoms with Gasteiger partial charge in [-0.25, -0.2) is 4.98 Å². The first-order valence-electron chi connectivity index (χ1n) is 6.74. The minimum absolute atomic E-state index is 0.154. The summed E-state index contributed by atoms with van der Waals surface area (Å²) < 4.78 is 5.47. The standard InChI is InChI=1S/C15H15ClN2O2S/c1-9-14(20-10(2)17-9)15(19)18-6-3-7-21-13-5-4-11(16)8-12(13)18/h4-5,8H,3,6-7H2,1-2H3. The summed E-state index contributed by atoms with van der Waals surface area (Å²) in [7, 11) is 0. The Bertz CT molecular complexity index is 699. The number of nitrogens with zero attached hydrogens (tertiary/aromatic N) is 2. The molecule has 0 N–H and O–H groups in total. The lowest BCUT2D eigenvalue weighted by molar-refractivity contribution is 0.0958. The first-order chi connectivity index (χ1) is 10.1. The van der Waals surface area contributed by atoms with Gasteiger partial charge < -0.3 is 9.32 Å². The third-order valence-corrected chi connectivity index (χ3v) is 4.72. The number of amides is 1. The summed E-state index contributed by atoms with van der Waals surface area (Å²) in [6, 6.07) is 5.66. The van der Waals surface area contributed by atoms with Gasteiger partial charge in [0.1, 0.15) is 0 Å². The number of hydrogen-bond acceptors (Lipinski definition) is 4. The average Bonchev–Trinajstić information content (AvgIpc) is 2.67. The molecule has 4 nitrogen and oxygen atoms in total. The van der Waals surface area contributed by atoms with E-state index in [1.807, 2.05) is 18.2 Å². The Balaban J connectivity index is 2.04. The number of aryl methyl sites for hydroxylation is 2. The van der Waals surface area contributed by atoms with Crippen molar-refractivity contribution in [2.75, 3.05) is 17.2 Å². The van der Waals surface area contributed by atoms with E-state index < -0.39 is 0 Å². The molecule has 0 aliphatic carbocycles. The molecule has 1 amide bonds. The smallest absolute Gasteiger partial charge is 0.296 e. The molecular formula is C15H15ClN2O2S. The van der Waals surface area contributed by atoms with E-state index in [-0.39, 0.29) is 5.91 Å². The Labute approximate surface area is 132 Å². The molecule has 6 heteroatoms. The Morgan fingerprint density at radius 3 is 2.95 bits per heavy atom. The fourth-order valence-electron chi connectivity index (χ4n) is 2.41. The molecule has 110 valence electrons. The van der Waals surface area contributed by atoms with Crippen molar-refractivity contribution in [3.63, 3.8) is 0 Å². The molecule has 1 aliphatic rings. The van der Waals surface area contributed by atoms with Gasteiger partial charge in [-0.05, 0) is 37.3 Å². The van der Waals surface area contributed by atoms with Crippen LogP contribution < -0.4 is 4.90 Å². The fourth-order valence-corrected chi connectivity index (χ4v) is 3.55. The molecule has 0 bridgehead atoms. The molecular weight excluding hydrogens is 308 g/mol. The van der Waals surface area contributed by atoms with Gasteiger partial charge in [0.25, 0.3) is 5.91 Å². The number of benzene rings is 1. The van der Waals surface area contributed by atoms with Crippen molar-refractivity contribution in [3.05, 3.63) is 40.6 Å². The zero-order chi connectivity index (χ0) is 15.0. The van der Waals surface area contributed by atoms with Crippen LogP contribution in [0.3, 0.4) is 0 Å². The van der Waals surface area contributed by atoms with Crippen LogP contribution in [0.4, 0.5) is 5.69 Å². The predicted molar refractivity (Wildman–Crippen MR) is 84.4 cm³/mol. The van der Waals surface area contributed by atoms with Crippen LogP contribution in [0.5, 0.6) is 0 Å². The number of hydrogen-bond donors (Lipinski definition) is 0. The van der Waals surface area contributed by atoms with Crippen molar-refractivity contribution in [2.45, 2.75) is 25.2 Å². The Hall–Kier alpha value is -1.46. The SMILES string of the molecule is Cc1nc(C)c(C(=O)N2CCCSc3ccc(Cl)cc32)o1. The number of thioether (sulfide) groups is 1. The van der Waals surface area contributed by atoms with Crippen molar-refractivity contribution >= 4 is 35.0 Å². The Kier molecular flexibility index (Phi) is 3.95. The third kappa shape index (κ3) is 2.80. The first-order valence-corrected chi connectivity index (χ1v) is 8.11. The lowest BCUT2D eigenvalue weighted by atomic mass is 10.2. The molecule has 2 heterocycles. The van der Waals surface area contributed by atoms with E-state index in [1.54, 1.807) is 30.5 Å². The van der Waals surface area contributed by atoms with E-state index in [4.69, 9.17) is 16.0 Å². The molecule has 0 spiro atoms. The topological polar surface area (TPSA) is 46.3 Å². The zero-order valence-corrected chi connectivity index (χ0v) is 13.4. The summed E-state index contributed by atoms with van der Waals surface area (Å²) >= 11 is 7.84. The van der Waals surface area contributed by atoms with Crippen molar-refractivity contribution in [1.82, 2.24) is 4.98 Å². The van der Waals surface area contributed by atoms with E-state index in [0.717, 1.165) is 22.8 Å². The van der Waals surface area contributed by atoms with Crippen LogP contribution in [0.25, 0.3) is 0 Å². The number of fused-ring (bicyclic) bond motifs is 1. The van der Waals surface area contributed by atoms with Gasteiger partial charge in [-0.3, -0.25) is 4.79 Å². The number of carbonyl (C=O) groups is 1. The third-order valence-electron chi connectivity index (χ3n) is 3.34. The van der Waals surface area contributed by atoms with Crippen LogP contribution in [-0.4, -0.2) is 23.2 Å². The maximum Gasteiger partial charge on any atom is 0.296 e. The van der Waals surface area contributed by atoms with Crippen LogP contribution in [0.2, 0.25) is 5.02 Å². The van der Waals surface area contributed by atoms with Crippen LogP contribution in [0.15, 0.2) is 27.5 Å². The number of halogens is 1. The summed E-state index contributed by atoms with van der Waals surface area (Å²) in [4.78, 5) is 19.8. The predicted octanol–water partition coefficient (Wildman–Crippen LogP) is 4.09. The fraction of sp³-hybridized carbons (Fsp3) is 0.333. The summed E-state index contributed by atoms with van der Waals surface area (Å²) in [6.07, 6.45) is 0.925. The molecule has 21 heavy (non-hydrogen) atoms. The number of anilines is 1. The highest BCUT2D eigenvalue weighted by atomic mass is 35.5. The van der Waals surface area contributed by atoms with Crippen LogP contribution in [-0.2, 0) is 0 Å². The monoisotopic (exact) mass is 322 g/mol. The van der Waals surface area contributed by atoms with Gasteiger partial charge in [-0.2, -0.15) is 0 Å². The molecule has 0 atom stereocenters. The second kappa shape index (κ2) is 5.73. The Morgan fingerprint density at radius 1 is 1.43 bits per heavy atom. The van der Waals surface area contributed by atoms with Crippen molar-refractivity contribution in [3.8, 4) is 0 Å². The van der Waals surface area contributed by atoms with E-state index in [2.05, 4.69) is 4.98 Å². The maximum atomic E-state index is 12.8. The minimum Gasteiger partial charge on any atom is -0.436 e. The van der Waals surface area contributed by atoms with E-state index in [1.165, 1.54) is 0 Å². The molecule has 2 aromatic rings. The van der Waals surface area contributed by atoms with E-state index in [0.29, 0.717) is 28.9 Å². The maximum absolute atomic E-state index is 12.8. The molecule has 0 saturated heterocycles. The van der Waals surface area contributed by atoms with Crippen LogP contribution in [0.1, 0.15) is 28.6 Å². The van der Waals surface area contributed by atoms with Crippen molar-refractivity contribution in [2.24, 2.45) is 0 Å². The van der Waals surface area contributed by atoms with Gasteiger partial charge in [0.05, 0.1) is 11.4 Å². The van der Waals surface area contributed by atoms with Gasteiger partial charge >= 0.3 is 0 Å². The molecule has 0 fully saturated rings. The van der Waals surface area contributed by atoms with E-state index >= 15 is 0 Å². The lowest BCUT2D eigenvalue weighted by Gasteiger charge is -2.21. The van der Waals surface area contributed by atoms with Crippen molar-refractivity contribution in [1.29, 1.82) is 0 Å². The van der Waals surface area contributed by atoms with E-state index in [9.17, 15) is 4.79 Å². The highest BCUT2D eigenvalue weighted by Crippen LogP contribution is 2.36. The quantitative estimate of drug-likeness (QED) is 0.793. The van der Waals surface area contributed by atoms with Crippen LogP contribution >= 0.6 is 23.4 Å². The average molecular weight is 323 g/mol. The van der Waals surface area contributed by atoms with Gasteiger partial charge in [0.15, 0.2) is 5.89 Å². The molecule has 3 rings (SSSR count). The largest absolute Gasteiger partial charge is 0.436 e. The molecule has 1 aliphatic heterocycles. The second-order valence-corrected chi connectivity index (χ2v) is 6.49. The van der Waals surface area contributed by atoms with Crippen molar-refractivity contribution < 1.29 is 9.21 Å². The summed E-state index contributed by atoms with van der Waals surface area (Å²) in [5.41, 5.74) is 1.47. The lowest BCUT2D eigenvalue weighted by Crippen LogP contribution is -2.32. The molecule has 0 saturated carbocycles. The molecule has 0 radical (unpaired) electrons. The summed E-state index contributed by atoms with van der Waals surface area (Å²) in [5.74, 6) is 1.64. The summed E-state index contributed by atoms with van der Waals surface area (Å²) in [6.45, 7) is 4.18. The number of oxazole rings is 1. The Morgan fingerprint density at radius 2 is 2.24 bits per heavy atom.